The molecule has 1 heterocycles. The number of rotatable bonds is 6. The monoisotopic (exact) mass is 361 g/mol. The fourth-order valence-corrected chi connectivity index (χ4v) is 2.77. The SMILES string of the molecule is COC(=O)C1CCN(C(=O)COC(=O)/C=C/c2ccccc2OC)CC1. The molecule has 0 aromatic heterocycles. The molecule has 1 aromatic carbocycles. The van der Waals surface area contributed by atoms with Crippen LogP contribution in [0, 0.1) is 5.92 Å². The Morgan fingerprint density at radius 2 is 1.85 bits per heavy atom. The van der Waals surface area contributed by atoms with Gasteiger partial charge in [-0.3, -0.25) is 9.59 Å². The molecule has 1 amide bonds. The first-order valence-electron chi connectivity index (χ1n) is 8.38. The van der Waals surface area contributed by atoms with Crippen molar-refractivity contribution in [3.8, 4) is 5.75 Å². The molecule has 26 heavy (non-hydrogen) atoms. The average molecular weight is 361 g/mol. The fraction of sp³-hybridized carbons (Fsp3) is 0.421. The zero-order valence-electron chi connectivity index (χ0n) is 15.0. The van der Waals surface area contributed by atoms with E-state index in [2.05, 4.69) is 0 Å². The summed E-state index contributed by atoms with van der Waals surface area (Å²) < 4.78 is 14.9. The lowest BCUT2D eigenvalue weighted by atomic mass is 9.97. The molecule has 0 bridgehead atoms. The second-order valence-electron chi connectivity index (χ2n) is 5.86. The van der Waals surface area contributed by atoms with Crippen LogP contribution in [-0.2, 0) is 23.9 Å². The highest BCUT2D eigenvalue weighted by Crippen LogP contribution is 2.19. The van der Waals surface area contributed by atoms with Crippen LogP contribution in [0.15, 0.2) is 30.3 Å². The molecule has 1 aliphatic heterocycles. The van der Waals surface area contributed by atoms with Crippen molar-refractivity contribution in [2.24, 2.45) is 5.92 Å². The highest BCUT2D eigenvalue weighted by atomic mass is 16.5. The summed E-state index contributed by atoms with van der Waals surface area (Å²) in [5.41, 5.74) is 0.739. The van der Waals surface area contributed by atoms with Crippen LogP contribution in [0.1, 0.15) is 18.4 Å². The van der Waals surface area contributed by atoms with Crippen LogP contribution in [0.4, 0.5) is 0 Å². The van der Waals surface area contributed by atoms with Crippen molar-refractivity contribution in [1.82, 2.24) is 4.90 Å². The normalized spacial score (nSPS) is 14.9. The van der Waals surface area contributed by atoms with E-state index in [9.17, 15) is 14.4 Å². The summed E-state index contributed by atoms with van der Waals surface area (Å²) in [6.07, 6.45) is 3.95. The number of nitrogens with zero attached hydrogens (tertiary/aromatic N) is 1. The molecule has 0 aliphatic carbocycles. The second-order valence-corrected chi connectivity index (χ2v) is 5.86. The van der Waals surface area contributed by atoms with E-state index in [1.807, 2.05) is 12.1 Å². The highest BCUT2D eigenvalue weighted by Gasteiger charge is 2.28. The Labute approximate surface area is 152 Å². The molecule has 140 valence electrons. The molecule has 7 nitrogen and oxygen atoms in total. The maximum Gasteiger partial charge on any atom is 0.331 e. The Morgan fingerprint density at radius 3 is 2.50 bits per heavy atom. The maximum absolute atomic E-state index is 12.1. The largest absolute Gasteiger partial charge is 0.496 e. The summed E-state index contributed by atoms with van der Waals surface area (Å²) in [4.78, 5) is 37.0. The van der Waals surface area contributed by atoms with Crippen LogP contribution < -0.4 is 4.74 Å². The molecule has 0 spiro atoms. The second kappa shape index (κ2) is 9.60. The molecule has 0 radical (unpaired) electrons. The summed E-state index contributed by atoms with van der Waals surface area (Å²) in [6.45, 7) is 0.582. The van der Waals surface area contributed by atoms with Crippen LogP contribution >= 0.6 is 0 Å². The molecule has 1 fully saturated rings. The summed E-state index contributed by atoms with van der Waals surface area (Å²) >= 11 is 0. The summed E-state index contributed by atoms with van der Waals surface area (Å²) in [5, 5.41) is 0. The van der Waals surface area contributed by atoms with Gasteiger partial charge in [0.1, 0.15) is 5.75 Å². The van der Waals surface area contributed by atoms with E-state index in [1.165, 1.54) is 13.2 Å². The maximum atomic E-state index is 12.1. The number of hydrogen-bond acceptors (Lipinski definition) is 6. The Kier molecular flexibility index (Phi) is 7.20. The topological polar surface area (TPSA) is 82.1 Å². The number of ether oxygens (including phenoxy) is 3. The van der Waals surface area contributed by atoms with Gasteiger partial charge in [0.05, 0.1) is 20.1 Å². The van der Waals surface area contributed by atoms with Gasteiger partial charge in [0.15, 0.2) is 6.61 Å². The van der Waals surface area contributed by atoms with E-state index in [0.717, 1.165) is 5.56 Å². The summed E-state index contributed by atoms with van der Waals surface area (Å²) in [6, 6.07) is 7.25. The number of carbonyl (C=O) groups excluding carboxylic acids is 3. The molecule has 1 aromatic rings. The Balaban J connectivity index is 1.78. The smallest absolute Gasteiger partial charge is 0.331 e. The molecule has 7 heteroatoms. The Hall–Kier alpha value is -2.83. The van der Waals surface area contributed by atoms with Gasteiger partial charge in [0.25, 0.3) is 5.91 Å². The molecule has 1 aliphatic rings. The lowest BCUT2D eigenvalue weighted by Gasteiger charge is -2.30. The third kappa shape index (κ3) is 5.34. The van der Waals surface area contributed by atoms with Crippen molar-refractivity contribution in [3.05, 3.63) is 35.9 Å². The molecule has 0 N–H and O–H groups in total. The lowest BCUT2D eigenvalue weighted by Crippen LogP contribution is -2.42. The van der Waals surface area contributed by atoms with Crippen LogP contribution in [0.5, 0.6) is 5.75 Å². The molecule has 0 unspecified atom stereocenters. The summed E-state index contributed by atoms with van der Waals surface area (Å²) in [5.74, 6) is -0.650. The number of para-hydroxylation sites is 1. The van der Waals surface area contributed by atoms with Crippen molar-refractivity contribution < 1.29 is 28.6 Å². The molecule has 2 rings (SSSR count). The number of piperidine rings is 1. The standard InChI is InChI=1S/C19H23NO6/c1-24-16-6-4-3-5-14(16)7-8-18(22)26-13-17(21)20-11-9-15(10-12-20)19(23)25-2/h3-8,15H,9-13H2,1-2H3/b8-7+. The van der Waals surface area contributed by atoms with Crippen molar-refractivity contribution >= 4 is 23.9 Å². The third-order valence-electron chi connectivity index (χ3n) is 4.26. The van der Waals surface area contributed by atoms with Crippen LogP contribution in [0.3, 0.4) is 0 Å². The van der Waals surface area contributed by atoms with Crippen LogP contribution in [0.2, 0.25) is 0 Å². The molecule has 0 saturated carbocycles. The summed E-state index contributed by atoms with van der Waals surface area (Å²) in [7, 11) is 2.91. The molecule has 0 atom stereocenters. The van der Waals surface area contributed by atoms with Crippen molar-refractivity contribution in [1.29, 1.82) is 0 Å². The van der Waals surface area contributed by atoms with E-state index in [4.69, 9.17) is 14.2 Å². The minimum absolute atomic E-state index is 0.171. The number of likely N-dealkylation sites (tertiary alicyclic amines) is 1. The van der Waals surface area contributed by atoms with Crippen LogP contribution in [-0.4, -0.2) is 56.7 Å². The van der Waals surface area contributed by atoms with Crippen molar-refractivity contribution in [2.75, 3.05) is 33.9 Å². The fourth-order valence-electron chi connectivity index (χ4n) is 2.77. The number of amides is 1. The highest BCUT2D eigenvalue weighted by molar-refractivity contribution is 5.89. The molecule has 1 saturated heterocycles. The van der Waals surface area contributed by atoms with Gasteiger partial charge in [-0.1, -0.05) is 18.2 Å². The molecular weight excluding hydrogens is 338 g/mol. The number of hydrogen-bond donors (Lipinski definition) is 0. The average Bonchev–Trinajstić information content (AvgIpc) is 2.70. The van der Waals surface area contributed by atoms with Gasteiger partial charge in [-0.2, -0.15) is 0 Å². The number of carbonyl (C=O) groups is 3. The van der Waals surface area contributed by atoms with E-state index in [-0.39, 0.29) is 24.4 Å². The van der Waals surface area contributed by atoms with Gasteiger partial charge < -0.3 is 19.1 Å². The Bertz CT molecular complexity index is 676. The first kappa shape index (κ1) is 19.5. The third-order valence-corrected chi connectivity index (χ3v) is 4.26. The van der Waals surface area contributed by atoms with Gasteiger partial charge in [-0.25, -0.2) is 4.79 Å². The lowest BCUT2D eigenvalue weighted by molar-refractivity contribution is -0.151. The number of benzene rings is 1. The van der Waals surface area contributed by atoms with E-state index < -0.39 is 5.97 Å². The Morgan fingerprint density at radius 1 is 1.15 bits per heavy atom. The first-order valence-corrected chi connectivity index (χ1v) is 8.38. The van der Waals surface area contributed by atoms with E-state index in [0.29, 0.717) is 31.7 Å². The zero-order valence-corrected chi connectivity index (χ0v) is 15.0. The minimum Gasteiger partial charge on any atom is -0.496 e. The van der Waals surface area contributed by atoms with Gasteiger partial charge in [-0.05, 0) is 25.0 Å². The minimum atomic E-state index is -0.603. The van der Waals surface area contributed by atoms with Crippen molar-refractivity contribution in [2.45, 2.75) is 12.8 Å². The number of methoxy groups -OCH3 is 2. The van der Waals surface area contributed by atoms with Crippen molar-refractivity contribution in [3.63, 3.8) is 0 Å². The van der Waals surface area contributed by atoms with E-state index in [1.54, 1.807) is 30.2 Å². The quantitative estimate of drug-likeness (QED) is 0.566. The van der Waals surface area contributed by atoms with Gasteiger partial charge >= 0.3 is 11.9 Å². The van der Waals surface area contributed by atoms with Crippen LogP contribution in [0.25, 0.3) is 6.08 Å². The predicted octanol–water partition coefficient (Wildman–Crippen LogP) is 1.66. The van der Waals surface area contributed by atoms with Gasteiger partial charge in [0, 0.05) is 24.7 Å². The zero-order chi connectivity index (χ0) is 18.9. The molecular formula is C19H23NO6. The van der Waals surface area contributed by atoms with Gasteiger partial charge in [0.2, 0.25) is 0 Å². The number of esters is 2. The van der Waals surface area contributed by atoms with E-state index >= 15 is 0 Å². The first-order chi connectivity index (χ1) is 12.5. The predicted molar refractivity (Wildman–Crippen MR) is 94.3 cm³/mol. The van der Waals surface area contributed by atoms with Gasteiger partial charge in [-0.15, -0.1) is 0 Å².